The molecule has 0 amide bonds. The molecule has 1 fully saturated rings. The smallest absolute Gasteiger partial charge is 0.0901 e. The molecule has 1 aliphatic heterocycles. The van der Waals surface area contributed by atoms with Gasteiger partial charge in [-0.05, 0) is 32.3 Å². The van der Waals surface area contributed by atoms with Crippen LogP contribution < -0.4 is 5.32 Å². The zero-order chi connectivity index (χ0) is 18.0. The summed E-state index contributed by atoms with van der Waals surface area (Å²) in [7, 11) is 2.01. The minimum atomic E-state index is 0.152. The number of aryl methyl sites for hydroxylation is 2. The van der Waals surface area contributed by atoms with Crippen molar-refractivity contribution in [1.29, 1.82) is 0 Å². The highest BCUT2D eigenvalue weighted by atomic mass is 16.5. The first-order chi connectivity index (χ1) is 12.0. The van der Waals surface area contributed by atoms with Crippen molar-refractivity contribution >= 4 is 0 Å². The first-order valence-electron chi connectivity index (χ1n) is 9.30. The van der Waals surface area contributed by atoms with Crippen molar-refractivity contribution in [1.82, 2.24) is 24.9 Å². The molecule has 1 aliphatic rings. The molecule has 0 radical (unpaired) electrons. The van der Waals surface area contributed by atoms with Crippen LogP contribution in [0, 0.1) is 25.7 Å². The van der Waals surface area contributed by atoms with Crippen molar-refractivity contribution in [3.8, 4) is 0 Å². The normalized spacial score (nSPS) is 22.0. The van der Waals surface area contributed by atoms with E-state index < -0.39 is 0 Å². The van der Waals surface area contributed by atoms with Crippen molar-refractivity contribution in [3.63, 3.8) is 0 Å². The third-order valence-corrected chi connectivity index (χ3v) is 5.45. The van der Waals surface area contributed by atoms with Crippen molar-refractivity contribution in [2.24, 2.45) is 18.9 Å². The molecule has 0 aliphatic carbocycles. The van der Waals surface area contributed by atoms with Gasteiger partial charge in [-0.25, -0.2) is 0 Å². The number of rotatable bonds is 7. The zero-order valence-electron chi connectivity index (χ0n) is 16.1. The number of hydrogen-bond donors (Lipinski definition) is 1. The molecule has 138 valence electrons. The lowest BCUT2D eigenvalue weighted by Gasteiger charge is -2.26. The van der Waals surface area contributed by atoms with Gasteiger partial charge in [-0.15, -0.1) is 0 Å². The molecule has 6 nitrogen and oxygen atoms in total. The number of aromatic nitrogens is 4. The molecule has 2 aromatic heterocycles. The lowest BCUT2D eigenvalue weighted by atomic mass is 9.93. The van der Waals surface area contributed by atoms with Crippen molar-refractivity contribution in [3.05, 3.63) is 35.4 Å². The van der Waals surface area contributed by atoms with Crippen LogP contribution in [0.15, 0.2) is 18.5 Å². The van der Waals surface area contributed by atoms with E-state index in [1.54, 1.807) is 0 Å². The Morgan fingerprint density at radius 2 is 2.16 bits per heavy atom. The molecule has 1 N–H and O–H groups in total. The maximum Gasteiger partial charge on any atom is 0.0901 e. The fraction of sp³-hybridized carbons (Fsp3) is 0.684. The molecule has 3 atom stereocenters. The van der Waals surface area contributed by atoms with Crippen LogP contribution in [0.4, 0.5) is 0 Å². The molecule has 6 heteroatoms. The Morgan fingerprint density at radius 3 is 2.76 bits per heavy atom. The predicted octanol–water partition coefficient (Wildman–Crippen LogP) is 2.63. The van der Waals surface area contributed by atoms with Gasteiger partial charge in [0, 0.05) is 55.8 Å². The highest BCUT2D eigenvalue weighted by molar-refractivity contribution is 5.28. The van der Waals surface area contributed by atoms with Gasteiger partial charge in [-0.3, -0.25) is 9.36 Å². The Balaban J connectivity index is 1.66. The fourth-order valence-corrected chi connectivity index (χ4v) is 3.79. The van der Waals surface area contributed by atoms with Gasteiger partial charge in [0.2, 0.25) is 0 Å². The van der Waals surface area contributed by atoms with Gasteiger partial charge in [-0.2, -0.15) is 10.2 Å². The number of nitrogens with one attached hydrogen (secondary N) is 1. The summed E-state index contributed by atoms with van der Waals surface area (Å²) in [6.07, 6.45) is 5.11. The second kappa shape index (κ2) is 7.70. The van der Waals surface area contributed by atoms with Gasteiger partial charge in [-0.1, -0.05) is 13.8 Å². The van der Waals surface area contributed by atoms with Gasteiger partial charge in [0.1, 0.15) is 0 Å². The summed E-state index contributed by atoms with van der Waals surface area (Å²) in [5.41, 5.74) is 3.58. The fourth-order valence-electron chi connectivity index (χ4n) is 3.79. The third-order valence-electron chi connectivity index (χ3n) is 5.45. The van der Waals surface area contributed by atoms with E-state index >= 15 is 0 Å². The van der Waals surface area contributed by atoms with Gasteiger partial charge >= 0.3 is 0 Å². The van der Waals surface area contributed by atoms with Gasteiger partial charge in [0.05, 0.1) is 18.3 Å². The Bertz CT molecular complexity index is 676. The number of nitrogens with zero attached hydrogens (tertiary/aromatic N) is 4. The maximum absolute atomic E-state index is 6.11. The first kappa shape index (κ1) is 18.1. The third kappa shape index (κ3) is 3.96. The minimum absolute atomic E-state index is 0.152. The quantitative estimate of drug-likeness (QED) is 0.838. The Morgan fingerprint density at radius 1 is 1.36 bits per heavy atom. The summed E-state index contributed by atoms with van der Waals surface area (Å²) in [4.78, 5) is 0. The largest absolute Gasteiger partial charge is 0.373 e. The van der Waals surface area contributed by atoms with Crippen LogP contribution in [0.5, 0.6) is 0 Å². The number of ether oxygens (including phenoxy) is 1. The van der Waals surface area contributed by atoms with Crippen LogP contribution >= 0.6 is 0 Å². The molecular weight excluding hydrogens is 314 g/mol. The van der Waals surface area contributed by atoms with Crippen molar-refractivity contribution in [2.45, 2.75) is 52.8 Å². The van der Waals surface area contributed by atoms with E-state index in [2.05, 4.69) is 43.2 Å². The lowest BCUT2D eigenvalue weighted by molar-refractivity contribution is 0.0879. The monoisotopic (exact) mass is 345 g/mol. The summed E-state index contributed by atoms with van der Waals surface area (Å²) in [6, 6.07) is 2.38. The average Bonchev–Trinajstić information content (AvgIpc) is 3.27. The molecule has 25 heavy (non-hydrogen) atoms. The Hall–Kier alpha value is -1.66. The summed E-state index contributed by atoms with van der Waals surface area (Å²) in [6.45, 7) is 11.4. The molecule has 1 saturated heterocycles. The van der Waals surface area contributed by atoms with Gasteiger partial charge in [0.25, 0.3) is 0 Å². The van der Waals surface area contributed by atoms with E-state index in [9.17, 15) is 0 Å². The average molecular weight is 345 g/mol. The standard InChI is InChI=1S/C19H31N5O/c1-13(2)17(12-24-9-6-8-21-24)20-11-16-7-10-25-19(16)18-14(3)22-23(5)15(18)4/h6,8-9,13,16-17,19-20H,7,10-12H2,1-5H3/t16-,17?,19+/m1/s1. The van der Waals surface area contributed by atoms with Gasteiger partial charge in [0.15, 0.2) is 0 Å². The van der Waals surface area contributed by atoms with Crippen molar-refractivity contribution in [2.75, 3.05) is 13.2 Å². The minimum Gasteiger partial charge on any atom is -0.373 e. The van der Waals surface area contributed by atoms with Gasteiger partial charge < -0.3 is 10.1 Å². The molecule has 0 aromatic carbocycles. The van der Waals surface area contributed by atoms with E-state index in [4.69, 9.17) is 4.74 Å². The SMILES string of the molecule is Cc1nn(C)c(C)c1[C@H]1OCC[C@@H]1CNC(Cn1cccn1)C(C)C. The second-order valence-corrected chi connectivity index (χ2v) is 7.54. The molecular formula is C19H31N5O. The molecule has 3 heterocycles. The highest BCUT2D eigenvalue weighted by Gasteiger charge is 2.33. The Kier molecular flexibility index (Phi) is 5.59. The first-order valence-corrected chi connectivity index (χ1v) is 9.30. The van der Waals surface area contributed by atoms with Crippen LogP contribution in [0.3, 0.4) is 0 Å². The zero-order valence-corrected chi connectivity index (χ0v) is 16.1. The van der Waals surface area contributed by atoms with Crippen molar-refractivity contribution < 1.29 is 4.74 Å². The molecule has 0 saturated carbocycles. The molecule has 2 aromatic rings. The predicted molar refractivity (Wildman–Crippen MR) is 98.3 cm³/mol. The Labute approximate surface area is 150 Å². The maximum atomic E-state index is 6.11. The molecule has 0 bridgehead atoms. The summed E-state index contributed by atoms with van der Waals surface area (Å²) >= 11 is 0. The van der Waals surface area contributed by atoms with E-state index in [0.29, 0.717) is 17.9 Å². The topological polar surface area (TPSA) is 56.9 Å². The van der Waals surface area contributed by atoms with Crippen LogP contribution in [-0.2, 0) is 18.3 Å². The lowest BCUT2D eigenvalue weighted by Crippen LogP contribution is -2.41. The van der Waals surface area contributed by atoms with Crippen LogP contribution in [0.1, 0.15) is 43.3 Å². The van der Waals surface area contributed by atoms with E-state index in [1.807, 2.05) is 34.9 Å². The van der Waals surface area contributed by atoms with E-state index in [0.717, 1.165) is 31.8 Å². The van der Waals surface area contributed by atoms with E-state index in [-0.39, 0.29) is 6.10 Å². The molecule has 0 spiro atoms. The highest BCUT2D eigenvalue weighted by Crippen LogP contribution is 2.37. The van der Waals surface area contributed by atoms with Crippen LogP contribution in [0.2, 0.25) is 0 Å². The van der Waals surface area contributed by atoms with Crippen LogP contribution in [0.25, 0.3) is 0 Å². The second-order valence-electron chi connectivity index (χ2n) is 7.54. The van der Waals surface area contributed by atoms with E-state index in [1.165, 1.54) is 11.3 Å². The number of hydrogen-bond acceptors (Lipinski definition) is 4. The van der Waals surface area contributed by atoms with Crippen LogP contribution in [-0.4, -0.2) is 38.8 Å². The molecule has 3 rings (SSSR count). The summed E-state index contributed by atoms with van der Waals surface area (Å²) < 4.78 is 10.1. The summed E-state index contributed by atoms with van der Waals surface area (Å²) in [5, 5.41) is 12.7. The molecule has 1 unspecified atom stereocenters. The summed E-state index contributed by atoms with van der Waals surface area (Å²) in [5.74, 6) is 1.03.